The van der Waals surface area contributed by atoms with Gasteiger partial charge in [-0.25, -0.2) is 0 Å². The van der Waals surface area contributed by atoms with Crippen LogP contribution in [0.4, 0.5) is 0 Å². The van der Waals surface area contributed by atoms with Crippen molar-refractivity contribution in [2.45, 2.75) is 25.3 Å². The molecule has 1 atom stereocenters. The summed E-state index contributed by atoms with van der Waals surface area (Å²) in [7, 11) is 1.76. The predicted molar refractivity (Wildman–Crippen MR) is 64.6 cm³/mol. The standard InChI is InChI=1S/C11H15N3O2S/c1-14-5-4-9(11(14)16)13-10(15)3-2-8-6-12-7-17-8/h6-7,9H,2-5H2,1H3,(H,13,15). The van der Waals surface area contributed by atoms with Crippen molar-refractivity contribution in [3.8, 4) is 0 Å². The van der Waals surface area contributed by atoms with Crippen LogP contribution in [0.3, 0.4) is 0 Å². The van der Waals surface area contributed by atoms with Crippen LogP contribution in [-0.2, 0) is 16.0 Å². The van der Waals surface area contributed by atoms with E-state index in [1.54, 1.807) is 35.0 Å². The number of rotatable bonds is 4. The zero-order valence-electron chi connectivity index (χ0n) is 9.68. The minimum Gasteiger partial charge on any atom is -0.344 e. The van der Waals surface area contributed by atoms with Crippen LogP contribution in [0.5, 0.6) is 0 Å². The smallest absolute Gasteiger partial charge is 0.244 e. The monoisotopic (exact) mass is 253 g/mol. The van der Waals surface area contributed by atoms with Crippen LogP contribution in [-0.4, -0.2) is 41.3 Å². The molecule has 0 aliphatic carbocycles. The molecule has 1 unspecified atom stereocenters. The average Bonchev–Trinajstić information content (AvgIpc) is 2.92. The van der Waals surface area contributed by atoms with Crippen molar-refractivity contribution < 1.29 is 9.59 Å². The molecule has 0 saturated carbocycles. The number of likely N-dealkylation sites (N-methyl/N-ethyl adjacent to an activating group) is 1. The number of aromatic nitrogens is 1. The van der Waals surface area contributed by atoms with Gasteiger partial charge in [0.25, 0.3) is 0 Å². The number of carbonyl (C=O) groups excluding carboxylic acids is 2. The minimum atomic E-state index is -0.325. The van der Waals surface area contributed by atoms with Crippen LogP contribution < -0.4 is 5.32 Å². The number of hydrogen-bond acceptors (Lipinski definition) is 4. The minimum absolute atomic E-state index is 0.0103. The molecular formula is C11H15N3O2S. The fraction of sp³-hybridized carbons (Fsp3) is 0.545. The van der Waals surface area contributed by atoms with Gasteiger partial charge >= 0.3 is 0 Å². The fourth-order valence-electron chi connectivity index (χ4n) is 1.83. The van der Waals surface area contributed by atoms with E-state index in [1.807, 2.05) is 0 Å². The number of thiazole rings is 1. The summed E-state index contributed by atoms with van der Waals surface area (Å²) in [6.45, 7) is 0.721. The van der Waals surface area contributed by atoms with E-state index in [0.29, 0.717) is 19.3 Å². The molecule has 1 aromatic heterocycles. The molecule has 6 heteroatoms. The summed E-state index contributed by atoms with van der Waals surface area (Å²) in [5, 5.41) is 2.78. The van der Waals surface area contributed by atoms with Gasteiger partial charge in [0.05, 0.1) is 5.51 Å². The Balaban J connectivity index is 1.76. The first-order valence-electron chi connectivity index (χ1n) is 5.58. The van der Waals surface area contributed by atoms with E-state index in [2.05, 4.69) is 10.3 Å². The maximum absolute atomic E-state index is 11.6. The van der Waals surface area contributed by atoms with E-state index in [0.717, 1.165) is 11.4 Å². The van der Waals surface area contributed by atoms with Crippen molar-refractivity contribution in [1.82, 2.24) is 15.2 Å². The Hall–Kier alpha value is -1.43. The Morgan fingerprint density at radius 3 is 3.12 bits per heavy atom. The van der Waals surface area contributed by atoms with E-state index < -0.39 is 0 Å². The molecule has 1 saturated heterocycles. The molecule has 1 aliphatic heterocycles. The lowest BCUT2D eigenvalue weighted by Gasteiger charge is -2.11. The fourth-order valence-corrected chi connectivity index (χ4v) is 2.42. The van der Waals surface area contributed by atoms with Crippen LogP contribution in [0.2, 0.25) is 0 Å². The molecule has 2 rings (SSSR count). The van der Waals surface area contributed by atoms with Crippen LogP contribution >= 0.6 is 11.3 Å². The molecule has 0 radical (unpaired) electrons. The van der Waals surface area contributed by atoms with Crippen molar-refractivity contribution >= 4 is 23.2 Å². The Morgan fingerprint density at radius 1 is 1.71 bits per heavy atom. The Labute approximate surface area is 104 Å². The zero-order valence-corrected chi connectivity index (χ0v) is 10.5. The third kappa shape index (κ3) is 3.03. The van der Waals surface area contributed by atoms with Gasteiger partial charge in [0.15, 0.2) is 0 Å². The molecule has 2 amide bonds. The Bertz CT molecular complexity index is 405. The third-order valence-electron chi connectivity index (χ3n) is 2.84. The van der Waals surface area contributed by atoms with Gasteiger partial charge in [-0.1, -0.05) is 0 Å². The summed E-state index contributed by atoms with van der Waals surface area (Å²) in [6.07, 6.45) is 3.58. The van der Waals surface area contributed by atoms with Gasteiger partial charge in [-0.05, 0) is 12.8 Å². The number of nitrogens with zero attached hydrogens (tertiary/aromatic N) is 2. The largest absolute Gasteiger partial charge is 0.344 e. The van der Waals surface area contributed by atoms with Crippen molar-refractivity contribution in [3.63, 3.8) is 0 Å². The van der Waals surface area contributed by atoms with Crippen molar-refractivity contribution in [2.24, 2.45) is 0 Å². The Kier molecular flexibility index (Phi) is 3.73. The van der Waals surface area contributed by atoms with E-state index in [4.69, 9.17) is 0 Å². The molecule has 1 N–H and O–H groups in total. The highest BCUT2D eigenvalue weighted by atomic mass is 32.1. The van der Waals surface area contributed by atoms with E-state index in [-0.39, 0.29) is 17.9 Å². The van der Waals surface area contributed by atoms with Crippen molar-refractivity contribution in [1.29, 1.82) is 0 Å². The highest BCUT2D eigenvalue weighted by Gasteiger charge is 2.29. The molecule has 0 spiro atoms. The lowest BCUT2D eigenvalue weighted by molar-refractivity contribution is -0.131. The molecule has 0 aromatic carbocycles. The van der Waals surface area contributed by atoms with Gasteiger partial charge < -0.3 is 10.2 Å². The number of hydrogen-bond donors (Lipinski definition) is 1. The normalized spacial score (nSPS) is 19.7. The SMILES string of the molecule is CN1CCC(NC(=O)CCc2cncs2)C1=O. The van der Waals surface area contributed by atoms with Crippen LogP contribution in [0.1, 0.15) is 17.7 Å². The molecule has 2 heterocycles. The zero-order chi connectivity index (χ0) is 12.3. The number of aryl methyl sites for hydroxylation is 1. The molecule has 1 aromatic rings. The summed E-state index contributed by atoms with van der Waals surface area (Å²) in [5.41, 5.74) is 1.75. The van der Waals surface area contributed by atoms with E-state index in [9.17, 15) is 9.59 Å². The molecule has 17 heavy (non-hydrogen) atoms. The average molecular weight is 253 g/mol. The van der Waals surface area contributed by atoms with Crippen LogP contribution in [0.25, 0.3) is 0 Å². The summed E-state index contributed by atoms with van der Waals surface area (Å²) >= 11 is 1.54. The molecule has 1 fully saturated rings. The van der Waals surface area contributed by atoms with Crippen molar-refractivity contribution in [3.05, 3.63) is 16.6 Å². The number of carbonyl (C=O) groups is 2. The van der Waals surface area contributed by atoms with Gasteiger partial charge in [0, 0.05) is 31.1 Å². The highest BCUT2D eigenvalue weighted by Crippen LogP contribution is 2.10. The first-order chi connectivity index (χ1) is 8.16. The summed E-state index contributed by atoms with van der Waals surface area (Å²) < 4.78 is 0. The summed E-state index contributed by atoms with van der Waals surface area (Å²) in [4.78, 5) is 29.9. The van der Waals surface area contributed by atoms with E-state index >= 15 is 0 Å². The Morgan fingerprint density at radius 2 is 2.53 bits per heavy atom. The lowest BCUT2D eigenvalue weighted by atomic mass is 10.2. The highest BCUT2D eigenvalue weighted by molar-refractivity contribution is 7.09. The van der Waals surface area contributed by atoms with Crippen LogP contribution in [0, 0.1) is 0 Å². The molecular weight excluding hydrogens is 238 g/mol. The van der Waals surface area contributed by atoms with Crippen LogP contribution in [0.15, 0.2) is 11.7 Å². The second kappa shape index (κ2) is 5.27. The number of amides is 2. The molecule has 1 aliphatic rings. The van der Waals surface area contributed by atoms with Gasteiger partial charge in [0.2, 0.25) is 11.8 Å². The van der Waals surface area contributed by atoms with E-state index in [1.165, 1.54) is 0 Å². The molecule has 5 nitrogen and oxygen atoms in total. The maximum atomic E-state index is 11.6. The summed E-state index contributed by atoms with van der Waals surface area (Å²) in [6, 6.07) is -0.325. The first-order valence-corrected chi connectivity index (χ1v) is 6.46. The molecule has 92 valence electrons. The van der Waals surface area contributed by atoms with Gasteiger partial charge in [0.1, 0.15) is 6.04 Å². The third-order valence-corrected chi connectivity index (χ3v) is 3.68. The van der Waals surface area contributed by atoms with Crippen molar-refractivity contribution in [2.75, 3.05) is 13.6 Å². The maximum Gasteiger partial charge on any atom is 0.244 e. The molecule has 0 bridgehead atoms. The number of nitrogens with one attached hydrogen (secondary N) is 1. The predicted octanol–water partition coefficient (Wildman–Crippen LogP) is 0.423. The summed E-state index contributed by atoms with van der Waals surface area (Å²) in [5.74, 6) is -0.0526. The second-order valence-electron chi connectivity index (χ2n) is 4.14. The van der Waals surface area contributed by atoms with Gasteiger partial charge in [-0.3, -0.25) is 14.6 Å². The van der Waals surface area contributed by atoms with Gasteiger partial charge in [-0.15, -0.1) is 11.3 Å². The number of likely N-dealkylation sites (tertiary alicyclic amines) is 1. The quantitative estimate of drug-likeness (QED) is 0.846. The second-order valence-corrected chi connectivity index (χ2v) is 5.11. The van der Waals surface area contributed by atoms with Gasteiger partial charge in [-0.2, -0.15) is 0 Å². The lowest BCUT2D eigenvalue weighted by Crippen LogP contribution is -2.40. The first kappa shape index (κ1) is 12.0. The topological polar surface area (TPSA) is 62.3 Å².